The van der Waals surface area contributed by atoms with Crippen molar-refractivity contribution in [1.29, 1.82) is 0 Å². The maximum atomic E-state index is 14.1. The molecule has 0 saturated heterocycles. The Balaban J connectivity index is 0.988. The molecule has 3 aromatic rings. The molecule has 14 aliphatic rings. The second kappa shape index (κ2) is 23.4. The van der Waals surface area contributed by atoms with Crippen molar-refractivity contribution in [3.05, 3.63) is 171 Å². The first-order valence-electron chi connectivity index (χ1n) is 33.8. The minimum Gasteiger partial charge on any atom is -0.481 e. The predicted molar refractivity (Wildman–Crippen MR) is 345 cm³/mol. The van der Waals surface area contributed by atoms with E-state index in [1.807, 2.05) is 7.11 Å². The zero-order valence-corrected chi connectivity index (χ0v) is 52.2. The van der Waals surface area contributed by atoms with Crippen LogP contribution in [-0.4, -0.2) is 60.3 Å². The quantitative estimate of drug-likeness (QED) is 0.0907. The van der Waals surface area contributed by atoms with Gasteiger partial charge in [-0.3, -0.25) is 4.79 Å². The van der Waals surface area contributed by atoms with Gasteiger partial charge in [-0.1, -0.05) is 173 Å². The number of carboxylic acid groups (broad SMARTS) is 1. The van der Waals surface area contributed by atoms with E-state index in [-0.39, 0.29) is 34.0 Å². The van der Waals surface area contributed by atoms with Crippen molar-refractivity contribution >= 4 is 23.2 Å². The summed E-state index contributed by atoms with van der Waals surface area (Å²) in [5.74, 6) is 1.44. The summed E-state index contributed by atoms with van der Waals surface area (Å²) < 4.78 is 5.73. The summed E-state index contributed by atoms with van der Waals surface area (Å²) in [5, 5.41) is 47.5. The highest BCUT2D eigenvalue weighted by molar-refractivity contribution is 5.78. The van der Waals surface area contributed by atoms with Crippen molar-refractivity contribution in [3.63, 3.8) is 0 Å². The molecule has 7 nitrogen and oxygen atoms in total. The topological polar surface area (TPSA) is 111 Å². The summed E-state index contributed by atoms with van der Waals surface area (Å²) in [4.78, 5) is 14.1. The molecule has 14 bridgehead atoms. The summed E-state index contributed by atoms with van der Waals surface area (Å²) in [6.07, 6.45) is 35.4. The molecule has 0 aromatic heterocycles. The van der Waals surface area contributed by atoms with Gasteiger partial charge in [0.2, 0.25) is 0 Å². The highest BCUT2D eigenvalue weighted by Crippen LogP contribution is 2.80. The molecule has 14 atom stereocenters. The number of dihydropyridines is 1. The van der Waals surface area contributed by atoms with Crippen LogP contribution in [-0.2, 0) is 28.8 Å². The van der Waals surface area contributed by atoms with Crippen molar-refractivity contribution in [1.82, 2.24) is 10.6 Å². The van der Waals surface area contributed by atoms with Crippen LogP contribution in [0.25, 0.3) is 17.2 Å². The van der Waals surface area contributed by atoms with Gasteiger partial charge in [-0.2, -0.15) is 0 Å². The number of benzene rings is 3. The Labute approximate surface area is 509 Å². The number of allylic oxidation sites excluding steroid dienone is 9. The maximum Gasteiger partial charge on any atom is 0.306 e. The fourth-order valence-electron chi connectivity index (χ4n) is 21.3. The van der Waals surface area contributed by atoms with Crippen molar-refractivity contribution in [2.75, 3.05) is 26.8 Å². The lowest BCUT2D eigenvalue weighted by Gasteiger charge is -2.72. The molecule has 0 unspecified atom stereocenters. The number of rotatable bonds is 12. The molecule has 0 amide bonds. The summed E-state index contributed by atoms with van der Waals surface area (Å²) in [6, 6.07) is 27.7. The fourth-order valence-corrected chi connectivity index (χ4v) is 21.3. The van der Waals surface area contributed by atoms with Gasteiger partial charge < -0.3 is 30.7 Å². The number of hydrogen-bond donors (Lipinski definition) is 5. The van der Waals surface area contributed by atoms with Gasteiger partial charge in [0.15, 0.2) is 0 Å². The second-order valence-electron chi connectivity index (χ2n) is 29.9. The number of methoxy groups -OCH3 is 1. The minimum atomic E-state index is -0.761. The normalized spacial score (nSPS) is 35.8. The van der Waals surface area contributed by atoms with Crippen LogP contribution in [0.4, 0.5) is 0 Å². The van der Waals surface area contributed by atoms with Crippen LogP contribution in [0.5, 0.6) is 0 Å². The lowest BCUT2D eigenvalue weighted by atomic mass is 9.31. The van der Waals surface area contributed by atoms with E-state index in [9.17, 15) is 20.1 Å². The standard InChI is InChI=1S/C78H100N2O5/c1-50(28-30-52-18-9-7-10-19-52)55(25-16-41-85-6)44-57-24-14-26-60-62(57)45-66-64-46-77-37-17-36-74(3)69(82)35-39-78(66,73(74)77)65-34-38-75(4)71(68(81)48-76(75,5)67(65)47-77)61(72(83)84)32-29-51(2)59(54-21-11-8-12-22-54)27-15-40-79-70-33-31-58(49-80-70)56-23-13-20-53(42-56)43-63(60)64/h7,9-10,13-14,17-20,23-24,26,31,33,37,42,45-46,50,54-55,59,61,66,68-69,71,73,79-82H,2,8,11-12,15-16,21-22,25,27-30,32,34-36,38-41,43-44,47-49H2,1,3-6H3,(H,83,84)/t50-,55-,59-,61-,66-,68-,69+,71+,73-,74-,75-,76+,77-,78-/m1/s1. The first kappa shape index (κ1) is 58.8. The van der Waals surface area contributed by atoms with E-state index < -0.39 is 34.9 Å². The van der Waals surface area contributed by atoms with Crippen LogP contribution in [0.2, 0.25) is 0 Å². The van der Waals surface area contributed by atoms with Gasteiger partial charge in [-0.25, -0.2) is 0 Å². The molecule has 452 valence electrons. The summed E-state index contributed by atoms with van der Waals surface area (Å²) in [5.41, 5.74) is 12.2. The van der Waals surface area contributed by atoms with Crippen LogP contribution in [0.3, 0.4) is 0 Å². The maximum absolute atomic E-state index is 14.1. The number of nitrogens with one attached hydrogen (secondary N) is 2. The lowest BCUT2D eigenvalue weighted by Crippen LogP contribution is -2.67. The molecule has 2 spiro atoms. The fraction of sp³-hybridized carbons (Fsp3) is 0.577. The van der Waals surface area contributed by atoms with E-state index in [0.29, 0.717) is 42.9 Å². The Morgan fingerprint density at radius 2 is 1.69 bits per heavy atom. The average molecular weight is 1150 g/mol. The van der Waals surface area contributed by atoms with Crippen molar-refractivity contribution in [3.8, 4) is 0 Å². The number of fused-ring (bicyclic) bond motifs is 1. The van der Waals surface area contributed by atoms with E-state index >= 15 is 0 Å². The van der Waals surface area contributed by atoms with Crippen molar-refractivity contribution in [2.45, 2.75) is 181 Å². The molecule has 6 heterocycles. The number of aliphatic carboxylic acids is 1. The van der Waals surface area contributed by atoms with Gasteiger partial charge in [0, 0.05) is 54.9 Å². The zero-order chi connectivity index (χ0) is 58.9. The van der Waals surface area contributed by atoms with E-state index in [1.165, 1.54) is 92.7 Å². The first-order chi connectivity index (χ1) is 41.1. The third-order valence-electron chi connectivity index (χ3n) is 25.6. The number of aryl methyl sites for hydroxylation is 1. The molecule has 6 aliphatic heterocycles. The Kier molecular flexibility index (Phi) is 16.2. The van der Waals surface area contributed by atoms with Crippen molar-refractivity contribution in [2.24, 2.45) is 74.4 Å². The van der Waals surface area contributed by atoms with Crippen LogP contribution in [0, 0.1) is 74.4 Å². The lowest BCUT2D eigenvalue weighted by molar-refractivity contribution is -0.160. The Morgan fingerprint density at radius 1 is 0.871 bits per heavy atom. The number of ether oxygens (including phenoxy) is 1. The number of carbonyl (C=O) groups is 1. The minimum absolute atomic E-state index is 0.0772. The molecule has 5 N–H and O–H groups in total. The highest BCUT2D eigenvalue weighted by atomic mass is 16.5. The summed E-state index contributed by atoms with van der Waals surface area (Å²) in [6.45, 7) is 17.1. The van der Waals surface area contributed by atoms with Crippen LogP contribution >= 0.6 is 0 Å². The third kappa shape index (κ3) is 10.1. The van der Waals surface area contributed by atoms with Crippen LogP contribution in [0.15, 0.2) is 138 Å². The van der Waals surface area contributed by atoms with Crippen LogP contribution in [0.1, 0.15) is 172 Å². The zero-order valence-electron chi connectivity index (χ0n) is 52.2. The highest BCUT2D eigenvalue weighted by Gasteiger charge is 2.74. The smallest absolute Gasteiger partial charge is 0.306 e. The monoisotopic (exact) mass is 1140 g/mol. The van der Waals surface area contributed by atoms with E-state index in [0.717, 1.165) is 115 Å². The molecule has 3 aromatic carbocycles. The Bertz CT molecular complexity index is 3340. The summed E-state index contributed by atoms with van der Waals surface area (Å²) in [7, 11) is 1.84. The van der Waals surface area contributed by atoms with Crippen LogP contribution < -0.4 is 21.1 Å². The average Bonchev–Trinajstić information content (AvgIpc) is 1.46. The molecular weight excluding hydrogens is 1040 g/mol. The predicted octanol–water partition coefficient (Wildman–Crippen LogP) is 14.3. The molecule has 3 fully saturated rings. The molecular formula is C78H100N2O5. The second-order valence-corrected chi connectivity index (χ2v) is 29.9. The summed E-state index contributed by atoms with van der Waals surface area (Å²) >= 11 is 0. The number of aliphatic hydroxyl groups excluding tert-OH is 2. The van der Waals surface area contributed by atoms with Gasteiger partial charge in [-0.15, -0.1) is 0 Å². The van der Waals surface area contributed by atoms with Crippen molar-refractivity contribution < 1.29 is 24.9 Å². The Hall–Kier alpha value is -5.21. The molecule has 7 heteroatoms. The SMILES string of the molecule is C=C1CC[C@@H](C(=O)O)[C@H]2[C@H](O)C[C@@]3(C)C4=C(CC[C@]23C)[C@]23CC[C@H](O)[C@@]5(C)CC=C[C@@](C=C6C(=c7cccc(C[C@@H](CCCOC)[C@H](C)CCc8ccccc8)c7=C[C@H]62)Cc2cccc(c2)C2=CC=C(NCCC[C@H]1C1CCCCC1)NC2)(C4)[C@@H]53. The molecule has 8 aliphatic carbocycles. The van der Waals surface area contributed by atoms with Gasteiger partial charge >= 0.3 is 5.97 Å². The molecule has 0 radical (unpaired) electrons. The first-order valence-corrected chi connectivity index (χ1v) is 33.8. The van der Waals surface area contributed by atoms with Gasteiger partial charge in [0.1, 0.15) is 0 Å². The van der Waals surface area contributed by atoms with E-state index in [2.05, 4.69) is 148 Å². The molecule has 17 rings (SSSR count). The number of carboxylic acids is 1. The van der Waals surface area contributed by atoms with Gasteiger partial charge in [0.25, 0.3) is 0 Å². The largest absolute Gasteiger partial charge is 0.481 e. The molecule has 85 heavy (non-hydrogen) atoms. The Morgan fingerprint density at radius 3 is 2.48 bits per heavy atom. The molecule has 3 saturated carbocycles. The van der Waals surface area contributed by atoms with E-state index in [4.69, 9.17) is 11.3 Å². The third-order valence-corrected chi connectivity index (χ3v) is 25.6. The van der Waals surface area contributed by atoms with Gasteiger partial charge in [0.05, 0.1) is 23.9 Å². The van der Waals surface area contributed by atoms with E-state index in [1.54, 1.807) is 5.57 Å². The number of hydrogen-bond acceptors (Lipinski definition) is 6. The number of aliphatic hydroxyl groups is 2. The van der Waals surface area contributed by atoms with Gasteiger partial charge in [-0.05, 0) is 218 Å².